The third-order valence-corrected chi connectivity index (χ3v) is 4.79. The van der Waals surface area contributed by atoms with E-state index in [-0.39, 0.29) is 12.5 Å². The summed E-state index contributed by atoms with van der Waals surface area (Å²) >= 11 is 6.15. The highest BCUT2D eigenvalue weighted by molar-refractivity contribution is 6.31. The SMILES string of the molecule is Cc1ccc(-c2ccc(/C=N\NC(=O)COc3cccc(C)c3C)o2)cc1Cl. The second-order valence-corrected chi connectivity index (χ2v) is 6.85. The third kappa shape index (κ3) is 4.81. The van der Waals surface area contributed by atoms with Crippen LogP contribution >= 0.6 is 11.6 Å². The van der Waals surface area contributed by atoms with Gasteiger partial charge in [-0.1, -0.05) is 35.9 Å². The molecule has 0 saturated heterocycles. The lowest BCUT2D eigenvalue weighted by atomic mass is 10.1. The summed E-state index contributed by atoms with van der Waals surface area (Å²) < 4.78 is 11.3. The Hall–Kier alpha value is -3.05. The molecule has 0 atom stereocenters. The first-order chi connectivity index (χ1) is 13.4. The molecule has 0 spiro atoms. The molecule has 0 saturated carbocycles. The van der Waals surface area contributed by atoms with Gasteiger partial charge in [0.1, 0.15) is 17.3 Å². The first-order valence-electron chi connectivity index (χ1n) is 8.81. The number of nitrogens with one attached hydrogen (secondary N) is 1. The highest BCUT2D eigenvalue weighted by Crippen LogP contribution is 2.26. The molecule has 3 aromatic rings. The number of rotatable bonds is 6. The smallest absolute Gasteiger partial charge is 0.277 e. The van der Waals surface area contributed by atoms with Crippen molar-refractivity contribution in [2.24, 2.45) is 5.10 Å². The number of halogens is 1. The molecule has 0 unspecified atom stereocenters. The van der Waals surface area contributed by atoms with Gasteiger partial charge < -0.3 is 9.15 Å². The maximum Gasteiger partial charge on any atom is 0.277 e. The van der Waals surface area contributed by atoms with Gasteiger partial charge in [-0.05, 0) is 61.7 Å². The van der Waals surface area contributed by atoms with Crippen LogP contribution in [0, 0.1) is 20.8 Å². The van der Waals surface area contributed by atoms with Crippen LogP contribution in [0.4, 0.5) is 0 Å². The van der Waals surface area contributed by atoms with Crippen LogP contribution in [-0.4, -0.2) is 18.7 Å². The van der Waals surface area contributed by atoms with Crippen LogP contribution in [0.5, 0.6) is 5.75 Å². The van der Waals surface area contributed by atoms with Crippen LogP contribution < -0.4 is 10.2 Å². The molecule has 5 nitrogen and oxygen atoms in total. The van der Waals surface area contributed by atoms with Gasteiger partial charge in [0, 0.05) is 10.6 Å². The molecule has 0 radical (unpaired) electrons. The summed E-state index contributed by atoms with van der Waals surface area (Å²) in [5.74, 6) is 1.52. The Morgan fingerprint density at radius 2 is 1.96 bits per heavy atom. The zero-order chi connectivity index (χ0) is 20.1. The topological polar surface area (TPSA) is 63.8 Å². The van der Waals surface area contributed by atoms with E-state index in [2.05, 4.69) is 10.5 Å². The molecule has 1 heterocycles. The van der Waals surface area contributed by atoms with Crippen LogP contribution in [0.2, 0.25) is 5.02 Å². The van der Waals surface area contributed by atoms with E-state index in [0.29, 0.717) is 22.3 Å². The minimum Gasteiger partial charge on any atom is -0.483 e. The lowest BCUT2D eigenvalue weighted by molar-refractivity contribution is -0.123. The number of aryl methyl sites for hydroxylation is 2. The predicted molar refractivity (Wildman–Crippen MR) is 111 cm³/mol. The fraction of sp³-hybridized carbons (Fsp3) is 0.182. The Morgan fingerprint density at radius 3 is 2.75 bits per heavy atom. The Balaban J connectivity index is 1.54. The van der Waals surface area contributed by atoms with Crippen molar-refractivity contribution in [3.8, 4) is 17.1 Å². The number of hydrogen-bond donors (Lipinski definition) is 1. The van der Waals surface area contributed by atoms with E-state index in [1.54, 1.807) is 6.07 Å². The van der Waals surface area contributed by atoms with Gasteiger partial charge in [-0.15, -0.1) is 0 Å². The molecule has 1 amide bonds. The monoisotopic (exact) mass is 396 g/mol. The van der Waals surface area contributed by atoms with E-state index >= 15 is 0 Å². The average Bonchev–Trinajstić information content (AvgIpc) is 3.14. The largest absolute Gasteiger partial charge is 0.483 e. The van der Waals surface area contributed by atoms with Crippen molar-refractivity contribution >= 4 is 23.7 Å². The Labute approximate surface area is 169 Å². The molecule has 144 valence electrons. The standard InChI is InChI=1S/C22H21ClN2O3/c1-14-5-4-6-20(16(14)3)27-13-22(26)25-24-12-18-9-10-21(28-18)17-8-7-15(2)19(23)11-17/h4-12H,13H2,1-3H3,(H,25,26)/b24-12-. The molecular formula is C22H21ClN2O3. The number of furan rings is 1. The van der Waals surface area contributed by atoms with E-state index < -0.39 is 0 Å². The van der Waals surface area contributed by atoms with Crippen molar-refractivity contribution in [1.29, 1.82) is 0 Å². The van der Waals surface area contributed by atoms with E-state index in [1.165, 1.54) is 6.21 Å². The van der Waals surface area contributed by atoms with Gasteiger partial charge in [-0.25, -0.2) is 5.43 Å². The molecule has 0 aliphatic carbocycles. The molecule has 0 aliphatic rings. The van der Waals surface area contributed by atoms with Crippen LogP contribution in [0.3, 0.4) is 0 Å². The van der Waals surface area contributed by atoms with Gasteiger partial charge in [-0.2, -0.15) is 5.10 Å². The van der Waals surface area contributed by atoms with Crippen molar-refractivity contribution in [2.45, 2.75) is 20.8 Å². The van der Waals surface area contributed by atoms with Crippen molar-refractivity contribution in [2.75, 3.05) is 6.61 Å². The Bertz CT molecular complexity index is 1020. The normalized spacial score (nSPS) is 11.0. The van der Waals surface area contributed by atoms with E-state index in [4.69, 9.17) is 20.8 Å². The fourth-order valence-electron chi connectivity index (χ4n) is 2.55. The van der Waals surface area contributed by atoms with Gasteiger partial charge >= 0.3 is 0 Å². The van der Waals surface area contributed by atoms with Gasteiger partial charge in [-0.3, -0.25) is 4.79 Å². The number of hydrazone groups is 1. The molecule has 3 rings (SSSR count). The van der Waals surface area contributed by atoms with Crippen molar-refractivity contribution in [3.63, 3.8) is 0 Å². The maximum atomic E-state index is 11.9. The van der Waals surface area contributed by atoms with Gasteiger partial charge in [0.2, 0.25) is 0 Å². The van der Waals surface area contributed by atoms with Crippen molar-refractivity contribution < 1.29 is 13.9 Å². The van der Waals surface area contributed by atoms with E-state index in [1.807, 2.05) is 63.2 Å². The minimum absolute atomic E-state index is 0.118. The zero-order valence-corrected chi connectivity index (χ0v) is 16.7. The summed E-state index contributed by atoms with van der Waals surface area (Å²) in [7, 11) is 0. The second kappa shape index (κ2) is 8.76. The average molecular weight is 397 g/mol. The Morgan fingerprint density at radius 1 is 1.14 bits per heavy atom. The molecule has 1 aromatic heterocycles. The van der Waals surface area contributed by atoms with Crippen LogP contribution in [0.1, 0.15) is 22.5 Å². The fourth-order valence-corrected chi connectivity index (χ4v) is 2.73. The molecular weight excluding hydrogens is 376 g/mol. The third-order valence-electron chi connectivity index (χ3n) is 4.38. The quantitative estimate of drug-likeness (QED) is 0.468. The molecule has 28 heavy (non-hydrogen) atoms. The lowest BCUT2D eigenvalue weighted by Gasteiger charge is -2.09. The van der Waals surface area contributed by atoms with E-state index in [9.17, 15) is 4.79 Å². The Kier molecular flexibility index (Phi) is 6.16. The van der Waals surface area contributed by atoms with Gasteiger partial charge in [0.05, 0.1) is 6.21 Å². The maximum absolute atomic E-state index is 11.9. The molecule has 2 aromatic carbocycles. The molecule has 0 fully saturated rings. The molecule has 0 aliphatic heterocycles. The number of amides is 1. The summed E-state index contributed by atoms with van der Waals surface area (Å²) in [4.78, 5) is 11.9. The first-order valence-corrected chi connectivity index (χ1v) is 9.19. The molecule has 0 bridgehead atoms. The summed E-state index contributed by atoms with van der Waals surface area (Å²) in [6, 6.07) is 15.0. The summed E-state index contributed by atoms with van der Waals surface area (Å²) in [5, 5.41) is 4.59. The van der Waals surface area contributed by atoms with Crippen LogP contribution in [0.25, 0.3) is 11.3 Å². The first kappa shape index (κ1) is 19.7. The lowest BCUT2D eigenvalue weighted by Crippen LogP contribution is -2.24. The van der Waals surface area contributed by atoms with Gasteiger partial charge in [0.15, 0.2) is 6.61 Å². The number of carbonyl (C=O) groups excluding carboxylic acids is 1. The van der Waals surface area contributed by atoms with Crippen LogP contribution in [0.15, 0.2) is 58.0 Å². The number of hydrogen-bond acceptors (Lipinski definition) is 4. The van der Waals surface area contributed by atoms with Crippen molar-refractivity contribution in [3.05, 3.63) is 76.0 Å². The molecule has 6 heteroatoms. The predicted octanol–water partition coefficient (Wildman–Crippen LogP) is 5.05. The number of carbonyl (C=O) groups is 1. The second-order valence-electron chi connectivity index (χ2n) is 6.45. The highest BCUT2D eigenvalue weighted by Gasteiger charge is 2.07. The van der Waals surface area contributed by atoms with Crippen molar-refractivity contribution in [1.82, 2.24) is 5.43 Å². The van der Waals surface area contributed by atoms with Crippen LogP contribution in [-0.2, 0) is 4.79 Å². The highest BCUT2D eigenvalue weighted by atomic mass is 35.5. The zero-order valence-electron chi connectivity index (χ0n) is 16.0. The summed E-state index contributed by atoms with van der Waals surface area (Å²) in [6.07, 6.45) is 1.44. The minimum atomic E-state index is -0.353. The number of benzene rings is 2. The summed E-state index contributed by atoms with van der Waals surface area (Å²) in [6.45, 7) is 5.77. The van der Waals surface area contributed by atoms with Gasteiger partial charge in [0.25, 0.3) is 5.91 Å². The molecule has 1 N–H and O–H groups in total. The van der Waals surface area contributed by atoms with E-state index in [0.717, 1.165) is 22.3 Å². The number of nitrogens with zero attached hydrogens (tertiary/aromatic N) is 1. The summed E-state index contributed by atoms with van der Waals surface area (Å²) in [5.41, 5.74) is 6.43. The number of ether oxygens (including phenoxy) is 1.